The van der Waals surface area contributed by atoms with Crippen molar-refractivity contribution in [3.63, 3.8) is 0 Å². The van der Waals surface area contributed by atoms with Crippen LogP contribution in [0.5, 0.6) is 0 Å². The molecule has 0 aromatic heterocycles. The molecule has 1 aromatic carbocycles. The third-order valence-corrected chi connectivity index (χ3v) is 4.58. The summed E-state index contributed by atoms with van der Waals surface area (Å²) >= 11 is 0. The van der Waals surface area contributed by atoms with Gasteiger partial charge in [-0.25, -0.2) is 0 Å². The van der Waals surface area contributed by atoms with E-state index in [2.05, 4.69) is 5.32 Å². The highest BCUT2D eigenvalue weighted by molar-refractivity contribution is 5.61. The van der Waals surface area contributed by atoms with E-state index in [4.69, 9.17) is 5.26 Å². The van der Waals surface area contributed by atoms with Crippen molar-refractivity contribution in [3.05, 3.63) is 28.8 Å². The molecule has 1 saturated carbocycles. The Morgan fingerprint density at radius 3 is 2.59 bits per heavy atom. The first-order chi connectivity index (χ1) is 10.3. The van der Waals surface area contributed by atoms with Crippen LogP contribution < -0.4 is 5.32 Å². The molecule has 3 rings (SSSR count). The average molecular weight is 312 g/mol. The number of alkyl halides is 3. The SMILES string of the molecule is N#Cc1cc2c(cc1C(F)(F)F)CC1CCC(O)C(O)C1N2. The van der Waals surface area contributed by atoms with Crippen LogP contribution in [0.3, 0.4) is 0 Å². The second kappa shape index (κ2) is 5.14. The van der Waals surface area contributed by atoms with Gasteiger partial charge >= 0.3 is 6.18 Å². The number of hydrogen-bond donors (Lipinski definition) is 3. The minimum atomic E-state index is -4.57. The lowest BCUT2D eigenvalue weighted by Gasteiger charge is -2.43. The van der Waals surface area contributed by atoms with E-state index in [1.807, 2.05) is 0 Å². The Morgan fingerprint density at radius 2 is 1.95 bits per heavy atom. The zero-order valence-corrected chi connectivity index (χ0v) is 11.6. The number of hydrogen-bond acceptors (Lipinski definition) is 4. The van der Waals surface area contributed by atoms with Crippen LogP contribution in [0.25, 0.3) is 0 Å². The molecule has 7 heteroatoms. The standard InChI is InChI=1S/C15H15F3N2O2/c16-15(17,18)10-4-8-3-7-1-2-12(21)14(22)13(7)20-11(8)5-9(10)6-19/h4-5,7,12-14,20-22H,1-3H2. The lowest BCUT2D eigenvalue weighted by Crippen LogP contribution is -2.52. The van der Waals surface area contributed by atoms with Gasteiger partial charge in [0.15, 0.2) is 0 Å². The Kier molecular flexibility index (Phi) is 3.54. The van der Waals surface area contributed by atoms with Crippen molar-refractivity contribution >= 4 is 5.69 Å². The lowest BCUT2D eigenvalue weighted by atomic mass is 9.74. The maximum atomic E-state index is 13.0. The first kappa shape index (κ1) is 15.1. The van der Waals surface area contributed by atoms with E-state index in [-0.39, 0.29) is 5.92 Å². The van der Waals surface area contributed by atoms with Crippen LogP contribution in [0, 0.1) is 17.2 Å². The average Bonchev–Trinajstić information content (AvgIpc) is 2.47. The normalized spacial score (nSPS) is 30.7. The van der Waals surface area contributed by atoms with E-state index < -0.39 is 35.6 Å². The lowest BCUT2D eigenvalue weighted by molar-refractivity contribution is -0.137. The van der Waals surface area contributed by atoms with E-state index in [1.54, 1.807) is 6.07 Å². The highest BCUT2D eigenvalue weighted by Crippen LogP contribution is 2.41. The number of halogens is 3. The van der Waals surface area contributed by atoms with Crippen LogP contribution >= 0.6 is 0 Å². The van der Waals surface area contributed by atoms with E-state index in [0.717, 1.165) is 6.07 Å². The molecule has 1 aromatic rings. The van der Waals surface area contributed by atoms with E-state index in [1.165, 1.54) is 6.07 Å². The Labute approximate surface area is 125 Å². The number of anilines is 1. The molecule has 3 N–H and O–H groups in total. The molecule has 0 amide bonds. The molecule has 1 aliphatic heterocycles. The quantitative estimate of drug-likeness (QED) is 0.685. The van der Waals surface area contributed by atoms with Gasteiger partial charge in [0.1, 0.15) is 6.10 Å². The van der Waals surface area contributed by atoms with Crippen molar-refractivity contribution in [1.82, 2.24) is 0 Å². The van der Waals surface area contributed by atoms with Gasteiger partial charge in [-0.2, -0.15) is 18.4 Å². The van der Waals surface area contributed by atoms with E-state index in [0.29, 0.717) is 30.5 Å². The summed E-state index contributed by atoms with van der Waals surface area (Å²) in [4.78, 5) is 0. The van der Waals surface area contributed by atoms with Crippen molar-refractivity contribution in [2.75, 3.05) is 5.32 Å². The number of fused-ring (bicyclic) bond motifs is 2. The molecule has 4 atom stereocenters. The highest BCUT2D eigenvalue weighted by atomic mass is 19.4. The second-order valence-corrected chi connectivity index (χ2v) is 5.93. The van der Waals surface area contributed by atoms with Crippen LogP contribution in [0.1, 0.15) is 29.5 Å². The fraction of sp³-hybridized carbons (Fsp3) is 0.533. The predicted octanol–water partition coefficient (Wildman–Crippen LogP) is 2.05. The maximum absolute atomic E-state index is 13.0. The summed E-state index contributed by atoms with van der Waals surface area (Å²) in [6, 6.07) is 3.37. The van der Waals surface area contributed by atoms with E-state index >= 15 is 0 Å². The van der Waals surface area contributed by atoms with Crippen molar-refractivity contribution in [2.24, 2.45) is 5.92 Å². The predicted molar refractivity (Wildman–Crippen MR) is 72.0 cm³/mol. The van der Waals surface area contributed by atoms with Crippen LogP contribution in [0.15, 0.2) is 12.1 Å². The molecule has 4 unspecified atom stereocenters. The fourth-order valence-corrected chi connectivity index (χ4v) is 3.42. The second-order valence-electron chi connectivity index (χ2n) is 5.93. The summed E-state index contributed by atoms with van der Waals surface area (Å²) in [6.07, 6.45) is -4.90. The Balaban J connectivity index is 2.01. The van der Waals surface area contributed by atoms with Gasteiger partial charge in [0.25, 0.3) is 0 Å². The highest BCUT2D eigenvalue weighted by Gasteiger charge is 2.42. The molecule has 4 nitrogen and oxygen atoms in total. The van der Waals surface area contributed by atoms with Gasteiger partial charge in [0.05, 0.1) is 29.3 Å². The van der Waals surface area contributed by atoms with Gasteiger partial charge in [-0.3, -0.25) is 0 Å². The van der Waals surface area contributed by atoms with Gasteiger partial charge in [0.2, 0.25) is 0 Å². The minimum Gasteiger partial charge on any atom is -0.390 e. The van der Waals surface area contributed by atoms with Crippen molar-refractivity contribution in [2.45, 2.75) is 43.7 Å². The summed E-state index contributed by atoms with van der Waals surface area (Å²) < 4.78 is 39.0. The number of nitrogens with one attached hydrogen (secondary N) is 1. The van der Waals surface area contributed by atoms with Gasteiger partial charge in [-0.15, -0.1) is 0 Å². The molecule has 0 saturated heterocycles. The zero-order valence-electron chi connectivity index (χ0n) is 11.6. The zero-order chi connectivity index (χ0) is 16.1. The van der Waals surface area contributed by atoms with Crippen LogP contribution in [-0.2, 0) is 12.6 Å². The summed E-state index contributed by atoms with van der Waals surface area (Å²) in [5.74, 6) is -0.0279. The Hall–Kier alpha value is -1.78. The molecule has 0 radical (unpaired) electrons. The molecule has 1 fully saturated rings. The summed E-state index contributed by atoms with van der Waals surface area (Å²) in [5, 5.41) is 31.7. The third-order valence-electron chi connectivity index (χ3n) is 4.58. The first-order valence-corrected chi connectivity index (χ1v) is 7.08. The monoisotopic (exact) mass is 312 g/mol. The van der Waals surface area contributed by atoms with Crippen LogP contribution in [-0.4, -0.2) is 28.5 Å². The summed E-state index contributed by atoms with van der Waals surface area (Å²) in [7, 11) is 0. The number of rotatable bonds is 0. The van der Waals surface area contributed by atoms with Crippen molar-refractivity contribution in [3.8, 4) is 6.07 Å². The molecule has 1 heterocycles. The Bertz CT molecular complexity index is 639. The van der Waals surface area contributed by atoms with E-state index in [9.17, 15) is 23.4 Å². The van der Waals surface area contributed by atoms with Crippen LogP contribution in [0.2, 0.25) is 0 Å². The topological polar surface area (TPSA) is 76.3 Å². The maximum Gasteiger partial charge on any atom is 0.417 e. The van der Waals surface area contributed by atoms with Crippen molar-refractivity contribution < 1.29 is 23.4 Å². The molecule has 0 bridgehead atoms. The minimum absolute atomic E-state index is 0.0279. The molecule has 2 aliphatic rings. The molecular weight excluding hydrogens is 297 g/mol. The molecule has 22 heavy (non-hydrogen) atoms. The fourth-order valence-electron chi connectivity index (χ4n) is 3.42. The van der Waals surface area contributed by atoms with Gasteiger partial charge in [0, 0.05) is 5.69 Å². The molecular formula is C15H15F3N2O2. The number of nitrogens with zero attached hydrogens (tertiary/aromatic N) is 1. The number of nitriles is 1. The third kappa shape index (κ3) is 2.42. The molecule has 118 valence electrons. The number of aliphatic hydroxyl groups is 2. The summed E-state index contributed by atoms with van der Waals surface area (Å²) in [5.41, 5.74) is -0.441. The summed E-state index contributed by atoms with van der Waals surface area (Å²) in [6.45, 7) is 0. The van der Waals surface area contributed by atoms with Gasteiger partial charge in [-0.05, 0) is 42.9 Å². The molecule has 0 spiro atoms. The van der Waals surface area contributed by atoms with Gasteiger partial charge in [-0.1, -0.05) is 0 Å². The largest absolute Gasteiger partial charge is 0.417 e. The number of aliphatic hydroxyl groups excluding tert-OH is 2. The van der Waals surface area contributed by atoms with Gasteiger partial charge < -0.3 is 15.5 Å². The Morgan fingerprint density at radius 1 is 1.23 bits per heavy atom. The molecule has 1 aliphatic carbocycles. The van der Waals surface area contributed by atoms with Crippen molar-refractivity contribution in [1.29, 1.82) is 5.26 Å². The first-order valence-electron chi connectivity index (χ1n) is 7.08. The van der Waals surface area contributed by atoms with Crippen LogP contribution in [0.4, 0.5) is 18.9 Å². The number of benzene rings is 1. The smallest absolute Gasteiger partial charge is 0.390 e.